The summed E-state index contributed by atoms with van der Waals surface area (Å²) in [5.41, 5.74) is 5.35. The number of benzene rings is 2. The molecule has 0 fully saturated rings. The average Bonchev–Trinajstić information content (AvgIpc) is 3.01. The Morgan fingerprint density at radius 2 is 2.00 bits per heavy atom. The molecule has 0 radical (unpaired) electrons. The zero-order valence-electron chi connectivity index (χ0n) is 18.1. The van der Waals surface area contributed by atoms with Gasteiger partial charge in [0.1, 0.15) is 19.0 Å². The smallest absolute Gasteiger partial charge is 0.261 e. The van der Waals surface area contributed by atoms with Crippen molar-refractivity contribution in [3.05, 3.63) is 75.3 Å². The van der Waals surface area contributed by atoms with Crippen LogP contribution in [-0.2, 0) is 17.9 Å². The summed E-state index contributed by atoms with van der Waals surface area (Å²) in [6, 6.07) is 11.7. The van der Waals surface area contributed by atoms with Crippen molar-refractivity contribution in [2.75, 3.05) is 6.61 Å². The second-order valence-electron chi connectivity index (χ2n) is 6.95. The molecule has 32 heavy (non-hydrogen) atoms. The van der Waals surface area contributed by atoms with E-state index in [9.17, 15) is 9.18 Å². The van der Waals surface area contributed by atoms with E-state index in [0.717, 1.165) is 15.9 Å². The van der Waals surface area contributed by atoms with Crippen LogP contribution in [0.4, 0.5) is 4.39 Å². The van der Waals surface area contributed by atoms with Crippen LogP contribution in [-0.4, -0.2) is 28.5 Å². The monoisotopic (exact) mass is 502 g/mol. The SMILES string of the molecule is CCOc1cc(C=NNC(=O)Cn2nc(C)c(Br)c2C)ccc1OCc1ccccc1F. The molecule has 1 aromatic heterocycles. The van der Waals surface area contributed by atoms with Gasteiger partial charge in [-0.25, -0.2) is 9.82 Å². The molecule has 0 bridgehead atoms. The molecule has 1 amide bonds. The number of hydrazone groups is 1. The third kappa shape index (κ3) is 5.94. The standard InChI is InChI=1S/C23H24BrFN4O3/c1-4-31-21-11-17(9-10-20(21)32-14-18-7-5-6-8-19(18)25)12-26-27-22(30)13-29-16(3)23(24)15(2)28-29/h5-12H,4,13-14H2,1-3H3,(H,27,30). The largest absolute Gasteiger partial charge is 0.490 e. The summed E-state index contributed by atoms with van der Waals surface area (Å²) in [5, 5.41) is 8.32. The van der Waals surface area contributed by atoms with E-state index in [1.54, 1.807) is 41.1 Å². The lowest BCUT2D eigenvalue weighted by Crippen LogP contribution is -2.24. The maximum absolute atomic E-state index is 13.8. The second-order valence-corrected chi connectivity index (χ2v) is 7.75. The number of nitrogens with one attached hydrogen (secondary N) is 1. The number of amides is 1. The molecule has 2 aromatic carbocycles. The van der Waals surface area contributed by atoms with Gasteiger partial charge in [0.15, 0.2) is 11.5 Å². The number of carbonyl (C=O) groups is 1. The maximum Gasteiger partial charge on any atom is 0.261 e. The highest BCUT2D eigenvalue weighted by Gasteiger charge is 2.12. The normalized spacial score (nSPS) is 11.0. The Morgan fingerprint density at radius 3 is 2.69 bits per heavy atom. The number of halogens is 2. The van der Waals surface area contributed by atoms with Gasteiger partial charge < -0.3 is 9.47 Å². The van der Waals surface area contributed by atoms with E-state index in [1.165, 1.54) is 12.3 Å². The van der Waals surface area contributed by atoms with Gasteiger partial charge in [0.05, 0.1) is 28.7 Å². The van der Waals surface area contributed by atoms with Gasteiger partial charge in [-0.15, -0.1) is 0 Å². The van der Waals surface area contributed by atoms with Crippen LogP contribution in [0.25, 0.3) is 0 Å². The number of aryl methyl sites for hydroxylation is 1. The molecule has 1 N–H and O–H groups in total. The molecule has 3 aromatic rings. The van der Waals surface area contributed by atoms with Gasteiger partial charge in [0.2, 0.25) is 0 Å². The van der Waals surface area contributed by atoms with E-state index in [2.05, 4.69) is 31.6 Å². The van der Waals surface area contributed by atoms with Crippen LogP contribution in [0.5, 0.6) is 11.5 Å². The summed E-state index contributed by atoms with van der Waals surface area (Å²) in [7, 11) is 0. The fraction of sp³-hybridized carbons (Fsp3) is 0.261. The lowest BCUT2D eigenvalue weighted by Gasteiger charge is -2.13. The highest BCUT2D eigenvalue weighted by molar-refractivity contribution is 9.10. The van der Waals surface area contributed by atoms with Crippen molar-refractivity contribution in [3.63, 3.8) is 0 Å². The molecule has 0 spiro atoms. The van der Waals surface area contributed by atoms with Crippen molar-refractivity contribution in [2.24, 2.45) is 5.10 Å². The van der Waals surface area contributed by atoms with Gasteiger partial charge in [-0.3, -0.25) is 9.48 Å². The fourth-order valence-corrected chi connectivity index (χ4v) is 3.23. The Balaban J connectivity index is 1.62. The quantitative estimate of drug-likeness (QED) is 0.344. The third-order valence-electron chi connectivity index (χ3n) is 4.60. The van der Waals surface area contributed by atoms with Crippen molar-refractivity contribution >= 4 is 28.1 Å². The molecule has 0 aliphatic rings. The first-order chi connectivity index (χ1) is 15.4. The predicted octanol–water partition coefficient (Wildman–Crippen LogP) is 4.53. The first-order valence-corrected chi connectivity index (χ1v) is 10.8. The van der Waals surface area contributed by atoms with E-state index < -0.39 is 0 Å². The van der Waals surface area contributed by atoms with Gasteiger partial charge in [-0.05, 0) is 66.5 Å². The molecule has 0 unspecified atom stereocenters. The lowest BCUT2D eigenvalue weighted by atomic mass is 10.2. The zero-order chi connectivity index (χ0) is 23.1. The highest BCUT2D eigenvalue weighted by atomic mass is 79.9. The van der Waals surface area contributed by atoms with E-state index >= 15 is 0 Å². The Morgan fingerprint density at radius 1 is 1.22 bits per heavy atom. The Kier molecular flexibility index (Phi) is 7.99. The van der Waals surface area contributed by atoms with Crippen molar-refractivity contribution < 1.29 is 18.7 Å². The first kappa shape index (κ1) is 23.5. The summed E-state index contributed by atoms with van der Waals surface area (Å²) in [4.78, 5) is 12.2. The van der Waals surface area contributed by atoms with E-state index in [1.807, 2.05) is 20.8 Å². The molecule has 168 valence electrons. The number of ether oxygens (including phenoxy) is 2. The van der Waals surface area contributed by atoms with Crippen LogP contribution in [0.1, 0.15) is 29.4 Å². The molecule has 0 atom stereocenters. The molecule has 3 rings (SSSR count). The number of aromatic nitrogens is 2. The van der Waals surface area contributed by atoms with Gasteiger partial charge in [-0.1, -0.05) is 18.2 Å². The predicted molar refractivity (Wildman–Crippen MR) is 123 cm³/mol. The van der Waals surface area contributed by atoms with Crippen LogP contribution in [0, 0.1) is 19.7 Å². The van der Waals surface area contributed by atoms with Crippen LogP contribution in [0.2, 0.25) is 0 Å². The van der Waals surface area contributed by atoms with Gasteiger partial charge >= 0.3 is 0 Å². The third-order valence-corrected chi connectivity index (χ3v) is 5.75. The van der Waals surface area contributed by atoms with E-state index in [0.29, 0.717) is 29.2 Å². The number of nitrogens with zero attached hydrogens (tertiary/aromatic N) is 3. The number of hydrogen-bond donors (Lipinski definition) is 1. The summed E-state index contributed by atoms with van der Waals surface area (Å²) in [6.45, 7) is 6.18. The van der Waals surface area contributed by atoms with Crippen LogP contribution < -0.4 is 14.9 Å². The first-order valence-electron chi connectivity index (χ1n) is 10.0. The minimum atomic E-state index is -0.322. The van der Waals surface area contributed by atoms with Crippen molar-refractivity contribution in [1.29, 1.82) is 0 Å². The Hall–Kier alpha value is -3.20. The molecular weight excluding hydrogens is 479 g/mol. The summed E-state index contributed by atoms with van der Waals surface area (Å²) >= 11 is 3.44. The Bertz CT molecular complexity index is 1130. The van der Waals surface area contributed by atoms with Crippen LogP contribution in [0.3, 0.4) is 0 Å². The van der Waals surface area contributed by atoms with Crippen LogP contribution >= 0.6 is 15.9 Å². The fourth-order valence-electron chi connectivity index (χ4n) is 2.94. The summed E-state index contributed by atoms with van der Waals surface area (Å²) in [5.74, 6) is 0.380. The van der Waals surface area contributed by atoms with Crippen LogP contribution in [0.15, 0.2) is 52.0 Å². The molecule has 0 aliphatic heterocycles. The zero-order valence-corrected chi connectivity index (χ0v) is 19.6. The molecule has 9 heteroatoms. The molecule has 1 heterocycles. The highest BCUT2D eigenvalue weighted by Crippen LogP contribution is 2.29. The topological polar surface area (TPSA) is 77.7 Å². The molecule has 0 saturated carbocycles. The van der Waals surface area contributed by atoms with Crippen molar-refractivity contribution in [2.45, 2.75) is 33.9 Å². The lowest BCUT2D eigenvalue weighted by molar-refractivity contribution is -0.121. The van der Waals surface area contributed by atoms with Gasteiger partial charge in [0, 0.05) is 5.56 Å². The minimum absolute atomic E-state index is 0.0582. The summed E-state index contributed by atoms with van der Waals surface area (Å²) < 4.78 is 27.7. The van der Waals surface area contributed by atoms with Gasteiger partial charge in [-0.2, -0.15) is 10.2 Å². The van der Waals surface area contributed by atoms with Gasteiger partial charge in [0.25, 0.3) is 5.91 Å². The Labute approximate surface area is 194 Å². The molecule has 7 nitrogen and oxygen atoms in total. The molecular formula is C23H24BrFN4O3. The maximum atomic E-state index is 13.8. The van der Waals surface area contributed by atoms with E-state index in [4.69, 9.17) is 9.47 Å². The summed E-state index contributed by atoms with van der Waals surface area (Å²) in [6.07, 6.45) is 1.51. The van der Waals surface area contributed by atoms with Crippen molar-refractivity contribution in [3.8, 4) is 11.5 Å². The minimum Gasteiger partial charge on any atom is -0.490 e. The average molecular weight is 503 g/mol. The number of rotatable bonds is 9. The number of carbonyl (C=O) groups excluding carboxylic acids is 1. The second kappa shape index (κ2) is 10.9. The molecule has 0 aliphatic carbocycles. The number of hydrogen-bond acceptors (Lipinski definition) is 5. The van der Waals surface area contributed by atoms with E-state index in [-0.39, 0.29) is 24.9 Å². The molecule has 0 saturated heterocycles. The van der Waals surface area contributed by atoms with Crippen molar-refractivity contribution in [1.82, 2.24) is 15.2 Å².